The molecule has 0 radical (unpaired) electrons. The van der Waals surface area contributed by atoms with E-state index in [1.807, 2.05) is 5.32 Å². The lowest BCUT2D eigenvalue weighted by Crippen LogP contribution is -2.29. The average molecular weight is 446 g/mol. The van der Waals surface area contributed by atoms with Crippen molar-refractivity contribution in [2.45, 2.75) is 25.3 Å². The summed E-state index contributed by atoms with van der Waals surface area (Å²) in [6, 6.07) is 3.91. The van der Waals surface area contributed by atoms with Gasteiger partial charge in [-0.2, -0.15) is 26.3 Å². The van der Waals surface area contributed by atoms with Crippen LogP contribution in [-0.2, 0) is 18.9 Å². The van der Waals surface area contributed by atoms with Crippen molar-refractivity contribution in [2.24, 2.45) is 0 Å². The van der Waals surface area contributed by atoms with Gasteiger partial charge in [-0.25, -0.2) is 4.79 Å². The standard InChI is InChI=1S/C17H11F9N2O2/c18-15(19,20)10-5-11(16(21,22)23)7-12(6-10)28-14(29)27-8-9-3-1-2-4-13(9)30-17(24,25)26/h1-7H,8H2,(H2,27,28,29). The zero-order valence-corrected chi connectivity index (χ0v) is 14.5. The van der Waals surface area contributed by atoms with Crippen LogP contribution in [0.1, 0.15) is 16.7 Å². The molecule has 2 aromatic rings. The number of rotatable bonds is 4. The quantitative estimate of drug-likeness (QED) is 0.571. The normalized spacial score (nSPS) is 12.4. The van der Waals surface area contributed by atoms with Crippen molar-refractivity contribution in [2.75, 3.05) is 5.32 Å². The Morgan fingerprint density at radius 1 is 0.833 bits per heavy atom. The number of hydrogen-bond acceptors (Lipinski definition) is 2. The van der Waals surface area contributed by atoms with E-state index in [-0.39, 0.29) is 23.8 Å². The minimum Gasteiger partial charge on any atom is -0.405 e. The molecule has 0 saturated carbocycles. The number of amides is 2. The molecule has 2 N–H and O–H groups in total. The molecule has 0 saturated heterocycles. The maximum absolute atomic E-state index is 12.8. The van der Waals surface area contributed by atoms with E-state index < -0.39 is 53.9 Å². The first-order valence-electron chi connectivity index (χ1n) is 7.83. The molecule has 4 nitrogen and oxygen atoms in total. The van der Waals surface area contributed by atoms with Crippen molar-refractivity contribution < 1.29 is 49.0 Å². The van der Waals surface area contributed by atoms with Crippen LogP contribution in [-0.4, -0.2) is 12.4 Å². The minimum atomic E-state index is -5.11. The van der Waals surface area contributed by atoms with Crippen LogP contribution in [0.2, 0.25) is 0 Å². The van der Waals surface area contributed by atoms with Gasteiger partial charge in [0.25, 0.3) is 0 Å². The molecule has 0 unspecified atom stereocenters. The van der Waals surface area contributed by atoms with Crippen LogP contribution in [0.4, 0.5) is 50.0 Å². The Hall–Kier alpha value is -3.12. The van der Waals surface area contributed by atoms with Gasteiger partial charge in [-0.05, 0) is 24.3 Å². The van der Waals surface area contributed by atoms with Crippen molar-refractivity contribution in [3.8, 4) is 5.75 Å². The fourth-order valence-corrected chi connectivity index (χ4v) is 2.25. The van der Waals surface area contributed by atoms with E-state index >= 15 is 0 Å². The summed E-state index contributed by atoms with van der Waals surface area (Å²) in [6.07, 6.45) is -15.2. The second-order valence-electron chi connectivity index (χ2n) is 5.76. The molecule has 30 heavy (non-hydrogen) atoms. The van der Waals surface area contributed by atoms with Crippen LogP contribution in [0.5, 0.6) is 5.75 Å². The van der Waals surface area contributed by atoms with Crippen LogP contribution >= 0.6 is 0 Å². The minimum absolute atomic E-state index is 0.117. The second-order valence-corrected chi connectivity index (χ2v) is 5.76. The molecule has 0 fully saturated rings. The Kier molecular flexibility index (Phi) is 6.42. The topological polar surface area (TPSA) is 50.4 Å². The number of benzene rings is 2. The Labute approximate surface area is 162 Å². The molecular formula is C17H11F9N2O2. The molecule has 0 aliphatic heterocycles. The summed E-state index contributed by atoms with van der Waals surface area (Å²) in [4.78, 5) is 11.9. The predicted molar refractivity (Wildman–Crippen MR) is 85.4 cm³/mol. The van der Waals surface area contributed by atoms with Gasteiger partial charge in [0.1, 0.15) is 5.75 Å². The van der Waals surface area contributed by atoms with E-state index in [1.165, 1.54) is 18.2 Å². The number of carbonyl (C=O) groups excluding carboxylic acids is 1. The van der Waals surface area contributed by atoms with Crippen LogP contribution in [0.15, 0.2) is 42.5 Å². The number of halogens is 9. The summed E-state index contributed by atoms with van der Waals surface area (Å²) in [5.41, 5.74) is -4.23. The average Bonchev–Trinajstić information content (AvgIpc) is 2.58. The summed E-state index contributed by atoms with van der Waals surface area (Å²) < 4.78 is 118. The number of ether oxygens (including phenoxy) is 1. The number of hydrogen-bond donors (Lipinski definition) is 2. The monoisotopic (exact) mass is 446 g/mol. The van der Waals surface area contributed by atoms with E-state index in [2.05, 4.69) is 4.74 Å². The SMILES string of the molecule is O=C(NCc1ccccc1OC(F)(F)F)Nc1cc(C(F)(F)F)cc(C(F)(F)F)c1. The van der Waals surface area contributed by atoms with Gasteiger partial charge < -0.3 is 15.4 Å². The highest BCUT2D eigenvalue weighted by molar-refractivity contribution is 5.89. The molecule has 13 heteroatoms. The summed E-state index contributed by atoms with van der Waals surface area (Å²) in [5.74, 6) is -0.635. The van der Waals surface area contributed by atoms with E-state index in [0.29, 0.717) is 0 Å². The molecule has 0 bridgehead atoms. The highest BCUT2D eigenvalue weighted by Gasteiger charge is 2.37. The third-order valence-electron chi connectivity index (χ3n) is 3.48. The maximum Gasteiger partial charge on any atom is 0.573 e. The summed E-state index contributed by atoms with van der Waals surface area (Å²) in [7, 11) is 0. The Balaban J connectivity index is 2.16. The first kappa shape index (κ1) is 23.2. The maximum atomic E-state index is 12.8. The first-order valence-corrected chi connectivity index (χ1v) is 7.83. The number of anilines is 1. The number of para-hydroxylation sites is 1. The van der Waals surface area contributed by atoms with Gasteiger partial charge in [-0.3, -0.25) is 0 Å². The fraction of sp³-hybridized carbons (Fsp3) is 0.235. The van der Waals surface area contributed by atoms with E-state index in [1.54, 1.807) is 5.32 Å². The third kappa shape index (κ3) is 6.74. The van der Waals surface area contributed by atoms with Crippen LogP contribution in [0.25, 0.3) is 0 Å². The van der Waals surface area contributed by atoms with Gasteiger partial charge in [0.05, 0.1) is 11.1 Å². The van der Waals surface area contributed by atoms with E-state index in [4.69, 9.17) is 0 Å². The molecule has 0 heterocycles. The molecule has 164 valence electrons. The zero-order chi connectivity index (χ0) is 22.7. The third-order valence-corrected chi connectivity index (χ3v) is 3.48. The molecule has 0 aromatic heterocycles. The van der Waals surface area contributed by atoms with Gasteiger partial charge >= 0.3 is 24.7 Å². The lowest BCUT2D eigenvalue weighted by atomic mass is 10.1. The summed E-state index contributed by atoms with van der Waals surface area (Å²) >= 11 is 0. The van der Waals surface area contributed by atoms with E-state index in [0.717, 1.165) is 6.07 Å². The molecule has 0 aliphatic carbocycles. The van der Waals surface area contributed by atoms with Gasteiger partial charge in [-0.1, -0.05) is 18.2 Å². The molecule has 2 rings (SSSR count). The number of carbonyl (C=O) groups is 1. The van der Waals surface area contributed by atoms with Crippen LogP contribution in [0.3, 0.4) is 0 Å². The Morgan fingerprint density at radius 2 is 1.37 bits per heavy atom. The van der Waals surface area contributed by atoms with Gasteiger partial charge in [0.2, 0.25) is 0 Å². The van der Waals surface area contributed by atoms with Gasteiger partial charge in [0.15, 0.2) is 0 Å². The van der Waals surface area contributed by atoms with Crippen LogP contribution < -0.4 is 15.4 Å². The highest BCUT2D eigenvalue weighted by atomic mass is 19.4. The Bertz CT molecular complexity index is 873. The second kappa shape index (κ2) is 8.32. The Morgan fingerprint density at radius 3 is 1.87 bits per heavy atom. The fourth-order valence-electron chi connectivity index (χ4n) is 2.25. The van der Waals surface area contributed by atoms with Gasteiger partial charge in [0, 0.05) is 17.8 Å². The largest absolute Gasteiger partial charge is 0.573 e. The summed E-state index contributed by atoms with van der Waals surface area (Å²) in [5, 5.41) is 3.82. The molecule has 0 aliphatic rings. The van der Waals surface area contributed by atoms with Crippen molar-refractivity contribution >= 4 is 11.7 Å². The van der Waals surface area contributed by atoms with Crippen molar-refractivity contribution in [3.05, 3.63) is 59.2 Å². The van der Waals surface area contributed by atoms with Crippen LogP contribution in [0, 0.1) is 0 Å². The molecule has 0 spiro atoms. The van der Waals surface area contributed by atoms with Gasteiger partial charge in [-0.15, -0.1) is 13.2 Å². The number of nitrogens with one attached hydrogen (secondary N) is 2. The van der Waals surface area contributed by atoms with Crippen molar-refractivity contribution in [1.29, 1.82) is 0 Å². The molecule has 2 amide bonds. The number of urea groups is 1. The molecular weight excluding hydrogens is 435 g/mol. The van der Waals surface area contributed by atoms with E-state index in [9.17, 15) is 44.3 Å². The molecule has 0 atom stereocenters. The van der Waals surface area contributed by atoms with Crippen molar-refractivity contribution in [3.63, 3.8) is 0 Å². The highest BCUT2D eigenvalue weighted by Crippen LogP contribution is 2.37. The predicted octanol–water partition coefficient (Wildman–Crippen LogP) is 5.94. The van der Waals surface area contributed by atoms with Crippen molar-refractivity contribution in [1.82, 2.24) is 5.32 Å². The first-order chi connectivity index (χ1) is 13.6. The zero-order valence-electron chi connectivity index (χ0n) is 14.5. The lowest BCUT2D eigenvalue weighted by molar-refractivity contribution is -0.274. The number of alkyl halides is 9. The molecule has 2 aromatic carbocycles. The lowest BCUT2D eigenvalue weighted by Gasteiger charge is -2.16. The smallest absolute Gasteiger partial charge is 0.405 e. The summed E-state index contributed by atoms with van der Waals surface area (Å²) in [6.45, 7) is -0.552.